The Labute approximate surface area is 149 Å². The third kappa shape index (κ3) is 2.76. The van der Waals surface area contributed by atoms with Crippen molar-refractivity contribution in [1.82, 2.24) is 14.8 Å². The van der Waals surface area contributed by atoms with Crippen molar-refractivity contribution in [3.05, 3.63) is 29.6 Å². The van der Waals surface area contributed by atoms with Gasteiger partial charge in [0.05, 0.1) is 17.4 Å². The molecule has 4 rings (SSSR count). The summed E-state index contributed by atoms with van der Waals surface area (Å²) in [5.41, 5.74) is 6.25. The van der Waals surface area contributed by atoms with Gasteiger partial charge in [-0.05, 0) is 50.7 Å². The summed E-state index contributed by atoms with van der Waals surface area (Å²) in [4.78, 5) is 3.71. The number of nitrogen functional groups attached to an aromatic ring is 1. The van der Waals surface area contributed by atoms with Crippen LogP contribution in [0.1, 0.15) is 49.9 Å². The van der Waals surface area contributed by atoms with Crippen LogP contribution in [-0.2, 0) is 6.18 Å². The van der Waals surface area contributed by atoms with Crippen LogP contribution in [-0.4, -0.2) is 26.0 Å². The van der Waals surface area contributed by atoms with Crippen LogP contribution >= 0.6 is 0 Å². The molecule has 0 aliphatic heterocycles. The summed E-state index contributed by atoms with van der Waals surface area (Å²) < 4.78 is 41.2. The minimum absolute atomic E-state index is 0.0915. The van der Waals surface area contributed by atoms with Crippen LogP contribution in [0.5, 0.6) is 0 Å². The highest BCUT2D eigenvalue weighted by Gasteiger charge is 2.57. The zero-order valence-electron chi connectivity index (χ0n) is 14.5. The third-order valence-corrected chi connectivity index (χ3v) is 5.54. The van der Waals surface area contributed by atoms with Crippen molar-refractivity contribution in [3.8, 4) is 11.3 Å². The van der Waals surface area contributed by atoms with E-state index in [1.165, 1.54) is 6.20 Å². The van der Waals surface area contributed by atoms with Crippen LogP contribution in [0.4, 0.5) is 19.0 Å². The highest BCUT2D eigenvalue weighted by atomic mass is 19.4. The fourth-order valence-electron chi connectivity index (χ4n) is 4.31. The Bertz CT molecular complexity index is 833. The van der Waals surface area contributed by atoms with Crippen molar-refractivity contribution in [1.29, 1.82) is 0 Å². The number of aliphatic hydroxyl groups excluding tert-OH is 1. The highest BCUT2D eigenvalue weighted by Crippen LogP contribution is 2.63. The Kier molecular flexibility index (Phi) is 3.80. The molecule has 0 spiro atoms. The number of aliphatic hydroxyl groups is 1. The second-order valence-electron chi connectivity index (χ2n) is 7.63. The van der Waals surface area contributed by atoms with Crippen LogP contribution in [0.3, 0.4) is 0 Å². The number of pyridine rings is 1. The summed E-state index contributed by atoms with van der Waals surface area (Å²) >= 11 is 0. The number of aromatic nitrogens is 3. The van der Waals surface area contributed by atoms with E-state index in [9.17, 15) is 18.3 Å². The van der Waals surface area contributed by atoms with E-state index in [1.54, 1.807) is 0 Å². The van der Waals surface area contributed by atoms with Crippen LogP contribution in [0.15, 0.2) is 18.3 Å². The van der Waals surface area contributed by atoms with E-state index < -0.39 is 17.6 Å². The molecule has 2 aliphatic rings. The molecule has 2 heterocycles. The molecule has 0 amide bonds. The second kappa shape index (κ2) is 5.70. The Morgan fingerprint density at radius 3 is 2.46 bits per heavy atom. The van der Waals surface area contributed by atoms with Crippen molar-refractivity contribution in [2.45, 2.75) is 50.9 Å². The first-order chi connectivity index (χ1) is 12.2. The van der Waals surface area contributed by atoms with Crippen molar-refractivity contribution < 1.29 is 18.3 Å². The van der Waals surface area contributed by atoms with Crippen LogP contribution in [0, 0.1) is 11.8 Å². The molecular formula is C18H21F3N4O. The van der Waals surface area contributed by atoms with Gasteiger partial charge in [-0.3, -0.25) is 4.68 Å². The fraction of sp³-hybridized carbons (Fsp3) is 0.556. The molecule has 2 saturated carbocycles. The average Bonchev–Trinajstić information content (AvgIpc) is 2.91. The molecule has 2 fully saturated rings. The normalized spacial score (nSPS) is 27.8. The molecule has 8 heteroatoms. The summed E-state index contributed by atoms with van der Waals surface area (Å²) in [6.45, 7) is 3.99. The zero-order valence-corrected chi connectivity index (χ0v) is 14.5. The summed E-state index contributed by atoms with van der Waals surface area (Å²) in [6.07, 6.45) is -1.88. The standard InChI is InChI=1S/C18H21F3N4O/c1-8(2)25-15(16-11-4-10(26)5-12(11)16)6-14(24-25)9-3-13(18(19,20)21)17(22)23-7-9/h3,6-8,10-12,16,26H,4-5H2,1-2H3,(H2,22,23)/t10-,11-,12+,16-. The van der Waals surface area contributed by atoms with Crippen molar-refractivity contribution in [2.24, 2.45) is 11.8 Å². The number of hydrogen-bond acceptors (Lipinski definition) is 4. The Hall–Kier alpha value is -2.09. The molecule has 0 radical (unpaired) electrons. The molecule has 3 N–H and O–H groups in total. The second-order valence-corrected chi connectivity index (χ2v) is 7.63. The molecule has 0 aromatic carbocycles. The first kappa shape index (κ1) is 17.3. The lowest BCUT2D eigenvalue weighted by Crippen LogP contribution is -2.11. The number of rotatable bonds is 3. The molecule has 5 nitrogen and oxygen atoms in total. The molecule has 2 aromatic heterocycles. The van der Waals surface area contributed by atoms with E-state index in [2.05, 4.69) is 10.1 Å². The van der Waals surface area contributed by atoms with Gasteiger partial charge in [0.1, 0.15) is 5.82 Å². The van der Waals surface area contributed by atoms with Gasteiger partial charge in [-0.15, -0.1) is 0 Å². The van der Waals surface area contributed by atoms with Gasteiger partial charge in [0.25, 0.3) is 0 Å². The van der Waals surface area contributed by atoms with E-state index in [0.717, 1.165) is 24.6 Å². The maximum atomic E-state index is 13.1. The Morgan fingerprint density at radius 2 is 1.88 bits per heavy atom. The van der Waals surface area contributed by atoms with Crippen molar-refractivity contribution in [2.75, 3.05) is 5.73 Å². The zero-order chi connectivity index (χ0) is 18.8. The summed E-state index contributed by atoms with van der Waals surface area (Å²) in [5.74, 6) is 0.686. The number of hydrogen-bond donors (Lipinski definition) is 2. The molecule has 2 aliphatic carbocycles. The Morgan fingerprint density at radius 1 is 1.23 bits per heavy atom. The molecule has 140 valence electrons. The lowest BCUT2D eigenvalue weighted by atomic mass is 10.0. The number of fused-ring (bicyclic) bond motifs is 1. The fourth-order valence-corrected chi connectivity index (χ4v) is 4.31. The lowest BCUT2D eigenvalue weighted by molar-refractivity contribution is -0.137. The number of nitrogens with zero attached hydrogens (tertiary/aromatic N) is 3. The van der Waals surface area contributed by atoms with Gasteiger partial charge in [-0.1, -0.05) is 0 Å². The van der Waals surface area contributed by atoms with Crippen LogP contribution in [0.2, 0.25) is 0 Å². The van der Waals surface area contributed by atoms with Gasteiger partial charge in [-0.2, -0.15) is 18.3 Å². The quantitative estimate of drug-likeness (QED) is 0.870. The maximum Gasteiger partial charge on any atom is 0.419 e. The molecule has 26 heavy (non-hydrogen) atoms. The number of halogens is 3. The van der Waals surface area contributed by atoms with Gasteiger partial charge in [0.15, 0.2) is 0 Å². The maximum absolute atomic E-state index is 13.1. The minimum Gasteiger partial charge on any atom is -0.393 e. The largest absolute Gasteiger partial charge is 0.419 e. The predicted molar refractivity (Wildman–Crippen MR) is 90.2 cm³/mol. The lowest BCUT2D eigenvalue weighted by Gasteiger charge is -2.13. The smallest absolute Gasteiger partial charge is 0.393 e. The number of anilines is 1. The average molecular weight is 366 g/mol. The van der Waals surface area contributed by atoms with E-state index in [4.69, 9.17) is 5.73 Å². The van der Waals surface area contributed by atoms with Gasteiger partial charge in [0.2, 0.25) is 0 Å². The summed E-state index contributed by atoms with van der Waals surface area (Å²) in [7, 11) is 0. The predicted octanol–water partition coefficient (Wildman–Crippen LogP) is 3.61. The highest BCUT2D eigenvalue weighted by molar-refractivity contribution is 5.63. The van der Waals surface area contributed by atoms with Gasteiger partial charge in [-0.25, -0.2) is 4.98 Å². The first-order valence-corrected chi connectivity index (χ1v) is 8.77. The minimum atomic E-state index is -4.56. The molecule has 0 bridgehead atoms. The molecule has 4 atom stereocenters. The topological polar surface area (TPSA) is 77.0 Å². The van der Waals surface area contributed by atoms with Gasteiger partial charge in [0, 0.05) is 29.4 Å². The first-order valence-electron chi connectivity index (χ1n) is 8.77. The molecule has 2 aromatic rings. The van der Waals surface area contributed by atoms with Gasteiger partial charge >= 0.3 is 6.18 Å². The van der Waals surface area contributed by atoms with E-state index >= 15 is 0 Å². The molecule has 0 saturated heterocycles. The van der Waals surface area contributed by atoms with Crippen molar-refractivity contribution in [3.63, 3.8) is 0 Å². The van der Waals surface area contributed by atoms with E-state index in [-0.39, 0.29) is 12.1 Å². The van der Waals surface area contributed by atoms with E-state index in [0.29, 0.717) is 29.0 Å². The van der Waals surface area contributed by atoms with E-state index in [1.807, 2.05) is 24.6 Å². The molecule has 0 unspecified atom stereocenters. The van der Waals surface area contributed by atoms with Crippen LogP contribution in [0.25, 0.3) is 11.3 Å². The summed E-state index contributed by atoms with van der Waals surface area (Å²) in [5, 5.41) is 14.3. The number of nitrogens with two attached hydrogens (primary N) is 1. The number of alkyl halides is 3. The van der Waals surface area contributed by atoms with Crippen molar-refractivity contribution >= 4 is 5.82 Å². The monoisotopic (exact) mass is 366 g/mol. The third-order valence-electron chi connectivity index (χ3n) is 5.54. The van der Waals surface area contributed by atoms with Gasteiger partial charge < -0.3 is 10.8 Å². The Balaban J connectivity index is 1.72. The summed E-state index contributed by atoms with van der Waals surface area (Å²) in [6, 6.07) is 2.97. The van der Waals surface area contributed by atoms with Crippen LogP contribution < -0.4 is 5.73 Å². The molecular weight excluding hydrogens is 345 g/mol. The SMILES string of the molecule is CC(C)n1nc(-c2cnc(N)c(C(F)(F)F)c2)cc1[C@@H]1[C@@H]2C[C@@H](O)C[C@@H]21.